The van der Waals surface area contributed by atoms with Gasteiger partial charge in [0.15, 0.2) is 0 Å². The van der Waals surface area contributed by atoms with Gasteiger partial charge < -0.3 is 15.7 Å². The first-order valence-electron chi connectivity index (χ1n) is 6.14. The van der Waals surface area contributed by atoms with E-state index in [1.165, 1.54) is 6.07 Å². The van der Waals surface area contributed by atoms with Gasteiger partial charge in [0, 0.05) is 11.5 Å². The molecule has 0 aromatic heterocycles. The second-order valence-corrected chi connectivity index (χ2v) is 5.12. The summed E-state index contributed by atoms with van der Waals surface area (Å²) >= 11 is 0. The van der Waals surface area contributed by atoms with Crippen LogP contribution in [0, 0.1) is 22.5 Å². The third-order valence-electron chi connectivity index (χ3n) is 3.24. The fourth-order valence-corrected chi connectivity index (χ4v) is 1.64. The average molecular weight is 281 g/mol. The molecule has 0 bridgehead atoms. The molecular formula is C13H19N3O4. The predicted octanol–water partition coefficient (Wildman–Crippen LogP) is 2.44. The maximum Gasteiger partial charge on any atom is 0.276 e. The highest BCUT2D eigenvalue weighted by Gasteiger charge is 2.24. The number of rotatable bonds is 6. The van der Waals surface area contributed by atoms with Crippen LogP contribution in [0.2, 0.25) is 0 Å². The molecule has 0 atom stereocenters. The first kappa shape index (κ1) is 15.7. The quantitative estimate of drug-likeness (QED) is 0.273. The number of nitro groups is 1. The average Bonchev–Trinajstić information content (AvgIpc) is 2.39. The number of nitro benzene ring substituents is 1. The minimum atomic E-state index is -0.511. The van der Waals surface area contributed by atoms with Crippen molar-refractivity contribution in [3.05, 3.63) is 33.9 Å². The molecule has 0 saturated carbocycles. The van der Waals surface area contributed by atoms with E-state index in [2.05, 4.69) is 5.16 Å². The molecule has 0 unspecified atom stereocenters. The molecule has 0 aliphatic carbocycles. The van der Waals surface area contributed by atoms with Crippen LogP contribution in [0.3, 0.4) is 0 Å². The van der Waals surface area contributed by atoms with Gasteiger partial charge in [0.25, 0.3) is 5.69 Å². The first-order valence-corrected chi connectivity index (χ1v) is 6.14. The van der Waals surface area contributed by atoms with E-state index in [9.17, 15) is 10.1 Å². The smallest absolute Gasteiger partial charge is 0.276 e. The lowest BCUT2D eigenvalue weighted by Crippen LogP contribution is -2.33. The van der Waals surface area contributed by atoms with E-state index in [1.54, 1.807) is 19.1 Å². The van der Waals surface area contributed by atoms with Crippen molar-refractivity contribution >= 4 is 11.5 Å². The number of nitrogens with two attached hydrogens (primary N) is 1. The highest BCUT2D eigenvalue weighted by molar-refractivity contribution is 5.85. The summed E-state index contributed by atoms with van der Waals surface area (Å²) in [6.45, 7) is 5.60. The topological polar surface area (TPSA) is 111 Å². The number of oxime groups is 1. The van der Waals surface area contributed by atoms with Crippen LogP contribution < -0.4 is 10.5 Å². The highest BCUT2D eigenvalue weighted by Crippen LogP contribution is 2.28. The van der Waals surface area contributed by atoms with Gasteiger partial charge in [0.1, 0.15) is 11.6 Å². The van der Waals surface area contributed by atoms with Gasteiger partial charge in [-0.15, -0.1) is 0 Å². The lowest BCUT2D eigenvalue weighted by Gasteiger charge is -2.22. The van der Waals surface area contributed by atoms with Crippen LogP contribution >= 0.6 is 0 Å². The molecule has 7 nitrogen and oxygen atoms in total. The van der Waals surface area contributed by atoms with Crippen molar-refractivity contribution in [1.82, 2.24) is 0 Å². The van der Waals surface area contributed by atoms with Crippen molar-refractivity contribution in [2.24, 2.45) is 16.3 Å². The Labute approximate surface area is 117 Å². The number of hydrogen-bond donors (Lipinski definition) is 2. The molecule has 0 aliphatic rings. The molecule has 0 aliphatic heterocycles. The fraction of sp³-hybridized carbons (Fsp3) is 0.462. The van der Waals surface area contributed by atoms with E-state index >= 15 is 0 Å². The molecule has 7 heteroatoms. The molecule has 0 radical (unpaired) electrons. The summed E-state index contributed by atoms with van der Waals surface area (Å²) in [6, 6.07) is 4.69. The van der Waals surface area contributed by atoms with Crippen LogP contribution in [0.25, 0.3) is 0 Å². The molecule has 0 saturated heterocycles. The van der Waals surface area contributed by atoms with Crippen molar-refractivity contribution in [2.45, 2.75) is 27.2 Å². The number of amidine groups is 1. The molecule has 1 aromatic carbocycles. The summed E-state index contributed by atoms with van der Waals surface area (Å²) in [7, 11) is 0. The Balaban J connectivity index is 2.73. The summed E-state index contributed by atoms with van der Waals surface area (Å²) in [5, 5.41) is 22.5. The largest absolute Gasteiger partial charge is 0.493 e. The molecule has 3 N–H and O–H groups in total. The molecule has 20 heavy (non-hydrogen) atoms. The van der Waals surface area contributed by atoms with Crippen molar-refractivity contribution in [2.75, 3.05) is 6.61 Å². The molecule has 0 fully saturated rings. The van der Waals surface area contributed by atoms with E-state index < -0.39 is 10.3 Å². The summed E-state index contributed by atoms with van der Waals surface area (Å²) in [6.07, 6.45) is 0.519. The SMILES string of the molecule is Cc1c(OCCC(C)(C)C(N)=NO)cccc1[N+](=O)[O-]. The van der Waals surface area contributed by atoms with Gasteiger partial charge in [-0.1, -0.05) is 25.1 Å². The van der Waals surface area contributed by atoms with Crippen molar-refractivity contribution in [3.8, 4) is 5.75 Å². The summed E-state index contributed by atoms with van der Waals surface area (Å²) in [5.41, 5.74) is 5.58. The lowest BCUT2D eigenvalue weighted by atomic mass is 9.88. The van der Waals surface area contributed by atoms with Crippen molar-refractivity contribution in [3.63, 3.8) is 0 Å². The molecule has 110 valence electrons. The Morgan fingerprint density at radius 1 is 1.55 bits per heavy atom. The Hall–Kier alpha value is -2.31. The second-order valence-electron chi connectivity index (χ2n) is 5.12. The number of ether oxygens (including phenoxy) is 1. The van der Waals surface area contributed by atoms with Crippen LogP contribution in [0.1, 0.15) is 25.8 Å². The molecule has 1 aromatic rings. The summed E-state index contributed by atoms with van der Waals surface area (Å²) < 4.78 is 5.56. The van der Waals surface area contributed by atoms with E-state index in [0.29, 0.717) is 24.3 Å². The number of benzene rings is 1. The normalized spacial score (nSPS) is 12.2. The summed E-state index contributed by atoms with van der Waals surface area (Å²) in [4.78, 5) is 10.4. The molecular weight excluding hydrogens is 262 g/mol. The molecule has 0 heterocycles. The van der Waals surface area contributed by atoms with E-state index in [4.69, 9.17) is 15.7 Å². The van der Waals surface area contributed by atoms with Crippen LogP contribution in [0.4, 0.5) is 5.69 Å². The Bertz CT molecular complexity index is 526. The maximum atomic E-state index is 10.8. The zero-order valence-corrected chi connectivity index (χ0v) is 11.8. The van der Waals surface area contributed by atoms with E-state index in [1.807, 2.05) is 13.8 Å². The standard InChI is InChI=1S/C13H19N3O4/c1-9-10(16(18)19)5-4-6-11(9)20-8-7-13(2,3)12(14)15-17/h4-6,17H,7-8H2,1-3H3,(H2,14,15). The lowest BCUT2D eigenvalue weighted by molar-refractivity contribution is -0.385. The third kappa shape index (κ3) is 3.59. The van der Waals surface area contributed by atoms with Gasteiger partial charge in [0.2, 0.25) is 0 Å². The third-order valence-corrected chi connectivity index (χ3v) is 3.24. The van der Waals surface area contributed by atoms with Gasteiger partial charge in [-0.25, -0.2) is 0 Å². The van der Waals surface area contributed by atoms with Gasteiger partial charge in [0.05, 0.1) is 17.1 Å². The van der Waals surface area contributed by atoms with Gasteiger partial charge in [-0.3, -0.25) is 10.1 Å². The highest BCUT2D eigenvalue weighted by atomic mass is 16.6. The fourth-order valence-electron chi connectivity index (χ4n) is 1.64. The van der Waals surface area contributed by atoms with Crippen LogP contribution in [-0.4, -0.2) is 22.6 Å². The number of nitrogens with zero attached hydrogens (tertiary/aromatic N) is 2. The minimum absolute atomic E-state index is 0.0261. The predicted molar refractivity (Wildman–Crippen MR) is 75.1 cm³/mol. The molecule has 0 amide bonds. The van der Waals surface area contributed by atoms with Crippen LogP contribution in [-0.2, 0) is 0 Å². The maximum absolute atomic E-state index is 10.8. The van der Waals surface area contributed by atoms with E-state index in [0.717, 1.165) is 0 Å². The second kappa shape index (κ2) is 6.23. The van der Waals surface area contributed by atoms with Gasteiger partial charge >= 0.3 is 0 Å². The van der Waals surface area contributed by atoms with Gasteiger partial charge in [-0.05, 0) is 19.4 Å². The Morgan fingerprint density at radius 3 is 2.75 bits per heavy atom. The number of hydrogen-bond acceptors (Lipinski definition) is 5. The van der Waals surface area contributed by atoms with Crippen LogP contribution in [0.5, 0.6) is 5.75 Å². The van der Waals surface area contributed by atoms with Crippen molar-refractivity contribution in [1.29, 1.82) is 0 Å². The zero-order chi connectivity index (χ0) is 15.3. The van der Waals surface area contributed by atoms with E-state index in [-0.39, 0.29) is 11.5 Å². The monoisotopic (exact) mass is 281 g/mol. The minimum Gasteiger partial charge on any atom is -0.493 e. The Kier molecular flexibility index (Phi) is 4.90. The zero-order valence-electron chi connectivity index (χ0n) is 11.8. The molecule has 1 rings (SSSR count). The first-order chi connectivity index (χ1) is 9.29. The van der Waals surface area contributed by atoms with Crippen LogP contribution in [0.15, 0.2) is 23.4 Å². The molecule has 0 spiro atoms. The van der Waals surface area contributed by atoms with Crippen molar-refractivity contribution < 1.29 is 14.9 Å². The Morgan fingerprint density at radius 2 is 2.20 bits per heavy atom. The van der Waals surface area contributed by atoms with Gasteiger partial charge in [-0.2, -0.15) is 0 Å². The summed E-state index contributed by atoms with van der Waals surface area (Å²) in [5.74, 6) is 0.589.